The van der Waals surface area contributed by atoms with E-state index in [0.717, 1.165) is 15.7 Å². The van der Waals surface area contributed by atoms with Crippen LogP contribution in [0.5, 0.6) is 5.75 Å². The van der Waals surface area contributed by atoms with Crippen LogP contribution >= 0.6 is 31.9 Å². The summed E-state index contributed by atoms with van der Waals surface area (Å²) in [6.45, 7) is 1.92. The van der Waals surface area contributed by atoms with E-state index >= 15 is 0 Å². The van der Waals surface area contributed by atoms with Gasteiger partial charge in [-0.3, -0.25) is 4.79 Å². The predicted octanol–water partition coefficient (Wildman–Crippen LogP) is 4.48. The fourth-order valence-corrected chi connectivity index (χ4v) is 2.34. The Kier molecular flexibility index (Phi) is 4.27. The minimum atomic E-state index is -0.256. The van der Waals surface area contributed by atoms with Gasteiger partial charge in [0.2, 0.25) is 0 Å². The number of aryl methyl sites for hydroxylation is 1. The second kappa shape index (κ2) is 5.75. The summed E-state index contributed by atoms with van der Waals surface area (Å²) in [7, 11) is 0. The summed E-state index contributed by atoms with van der Waals surface area (Å²) >= 11 is 6.55. The van der Waals surface area contributed by atoms with E-state index in [9.17, 15) is 9.90 Å². The van der Waals surface area contributed by atoms with E-state index in [4.69, 9.17) is 0 Å². The number of amides is 1. The summed E-state index contributed by atoms with van der Waals surface area (Å²) in [5.74, 6) is -0.214. The van der Waals surface area contributed by atoms with Crippen LogP contribution in [0.15, 0.2) is 45.3 Å². The third-order valence-corrected chi connectivity index (χ3v) is 3.81. The number of anilines is 1. The molecule has 1 amide bonds. The summed E-state index contributed by atoms with van der Waals surface area (Å²) in [4.78, 5) is 12.1. The van der Waals surface area contributed by atoms with Gasteiger partial charge >= 0.3 is 0 Å². The van der Waals surface area contributed by atoms with Crippen LogP contribution in [0.4, 0.5) is 5.69 Å². The highest BCUT2D eigenvalue weighted by atomic mass is 79.9. The molecule has 2 N–H and O–H groups in total. The molecule has 2 rings (SSSR count). The van der Waals surface area contributed by atoms with Crippen LogP contribution in [-0.2, 0) is 0 Å². The topological polar surface area (TPSA) is 49.3 Å². The Morgan fingerprint density at radius 2 is 1.89 bits per heavy atom. The molecule has 0 atom stereocenters. The van der Waals surface area contributed by atoms with Gasteiger partial charge in [-0.15, -0.1) is 0 Å². The monoisotopic (exact) mass is 383 g/mol. The summed E-state index contributed by atoms with van der Waals surface area (Å²) in [6, 6.07) is 10.3. The lowest BCUT2D eigenvalue weighted by molar-refractivity contribution is 0.102. The van der Waals surface area contributed by atoms with Crippen LogP contribution in [0.2, 0.25) is 0 Å². The van der Waals surface area contributed by atoms with Crippen molar-refractivity contribution in [3.63, 3.8) is 0 Å². The number of phenolic OH excluding ortho intramolecular Hbond substituents is 1. The molecule has 98 valence electrons. The van der Waals surface area contributed by atoms with Crippen molar-refractivity contribution in [1.82, 2.24) is 0 Å². The van der Waals surface area contributed by atoms with Gasteiger partial charge < -0.3 is 10.4 Å². The van der Waals surface area contributed by atoms with Crippen LogP contribution < -0.4 is 5.32 Å². The van der Waals surface area contributed by atoms with Crippen molar-refractivity contribution < 1.29 is 9.90 Å². The third kappa shape index (κ3) is 3.36. The largest absolute Gasteiger partial charge is 0.507 e. The molecule has 0 aliphatic rings. The van der Waals surface area contributed by atoms with Crippen molar-refractivity contribution in [1.29, 1.82) is 0 Å². The lowest BCUT2D eigenvalue weighted by Crippen LogP contribution is -2.12. The lowest BCUT2D eigenvalue weighted by Gasteiger charge is -2.09. The van der Waals surface area contributed by atoms with Crippen molar-refractivity contribution in [2.75, 3.05) is 5.32 Å². The first-order chi connectivity index (χ1) is 8.97. The number of phenols is 1. The maximum atomic E-state index is 12.1. The number of nitrogens with one attached hydrogen (secondary N) is 1. The molecule has 0 bridgehead atoms. The van der Waals surface area contributed by atoms with Crippen LogP contribution in [0.3, 0.4) is 0 Å². The van der Waals surface area contributed by atoms with E-state index in [1.807, 2.05) is 25.1 Å². The maximum absolute atomic E-state index is 12.1. The Morgan fingerprint density at radius 1 is 1.16 bits per heavy atom. The molecule has 5 heteroatoms. The summed E-state index contributed by atoms with van der Waals surface area (Å²) in [6.07, 6.45) is 0. The first-order valence-electron chi connectivity index (χ1n) is 5.53. The Labute approximate surface area is 127 Å². The molecule has 19 heavy (non-hydrogen) atoms. The van der Waals surface area contributed by atoms with Crippen LogP contribution in [0, 0.1) is 6.92 Å². The second-order valence-corrected chi connectivity index (χ2v) is 5.85. The van der Waals surface area contributed by atoms with Crippen LogP contribution in [0.1, 0.15) is 15.9 Å². The molecule has 3 nitrogen and oxygen atoms in total. The normalized spacial score (nSPS) is 10.3. The van der Waals surface area contributed by atoms with Crippen LogP contribution in [0.25, 0.3) is 0 Å². The van der Waals surface area contributed by atoms with E-state index in [0.29, 0.717) is 10.0 Å². The zero-order valence-electron chi connectivity index (χ0n) is 10.1. The Balaban J connectivity index is 2.23. The van der Waals surface area contributed by atoms with Crippen molar-refractivity contribution in [3.05, 3.63) is 56.5 Å². The standard InChI is InChI=1S/C14H11Br2NO2/c1-8-6-10(15)3-5-12(8)17-14(19)9-2-4-11(16)13(18)7-9/h2-7,18H,1H3,(H,17,19). The first-order valence-corrected chi connectivity index (χ1v) is 7.12. The van der Waals surface area contributed by atoms with Gasteiger partial charge in [-0.1, -0.05) is 15.9 Å². The van der Waals surface area contributed by atoms with Gasteiger partial charge in [-0.25, -0.2) is 0 Å². The van der Waals surface area contributed by atoms with Crippen LogP contribution in [-0.4, -0.2) is 11.0 Å². The maximum Gasteiger partial charge on any atom is 0.255 e. The van der Waals surface area contributed by atoms with Crippen molar-refractivity contribution >= 4 is 43.5 Å². The van der Waals surface area contributed by atoms with Gasteiger partial charge in [0.15, 0.2) is 0 Å². The molecule has 2 aromatic carbocycles. The zero-order chi connectivity index (χ0) is 14.0. The Morgan fingerprint density at radius 3 is 2.53 bits per heavy atom. The van der Waals surface area contributed by atoms with Gasteiger partial charge in [0.1, 0.15) is 5.75 Å². The zero-order valence-corrected chi connectivity index (χ0v) is 13.2. The van der Waals surface area contributed by atoms with E-state index < -0.39 is 0 Å². The molecular formula is C14H11Br2NO2. The second-order valence-electron chi connectivity index (χ2n) is 4.08. The highest BCUT2D eigenvalue weighted by Gasteiger charge is 2.10. The first kappa shape index (κ1) is 14.1. The fourth-order valence-electron chi connectivity index (χ4n) is 1.62. The average Bonchev–Trinajstić information content (AvgIpc) is 2.36. The lowest BCUT2D eigenvalue weighted by atomic mass is 10.1. The molecule has 0 radical (unpaired) electrons. The molecule has 0 saturated heterocycles. The smallest absolute Gasteiger partial charge is 0.255 e. The number of carbonyl (C=O) groups excluding carboxylic acids is 1. The average molecular weight is 385 g/mol. The third-order valence-electron chi connectivity index (χ3n) is 2.64. The Bertz CT molecular complexity index is 641. The number of hydrogen-bond acceptors (Lipinski definition) is 2. The molecular weight excluding hydrogens is 374 g/mol. The van der Waals surface area contributed by atoms with E-state index in [-0.39, 0.29) is 11.7 Å². The minimum absolute atomic E-state index is 0.0418. The summed E-state index contributed by atoms with van der Waals surface area (Å²) in [5.41, 5.74) is 2.11. The number of carbonyl (C=O) groups is 1. The molecule has 0 spiro atoms. The SMILES string of the molecule is Cc1cc(Br)ccc1NC(=O)c1ccc(Br)c(O)c1. The number of benzene rings is 2. The molecule has 2 aromatic rings. The quantitative estimate of drug-likeness (QED) is 0.801. The van der Waals surface area contributed by atoms with Gasteiger partial charge in [0.25, 0.3) is 5.91 Å². The van der Waals surface area contributed by atoms with Crippen molar-refractivity contribution in [3.8, 4) is 5.75 Å². The summed E-state index contributed by atoms with van der Waals surface area (Å²) in [5, 5.41) is 12.4. The van der Waals surface area contributed by atoms with Gasteiger partial charge in [-0.05, 0) is 64.8 Å². The molecule has 0 unspecified atom stereocenters. The number of hydrogen-bond donors (Lipinski definition) is 2. The van der Waals surface area contributed by atoms with E-state index in [1.54, 1.807) is 12.1 Å². The highest BCUT2D eigenvalue weighted by molar-refractivity contribution is 9.10. The van der Waals surface area contributed by atoms with E-state index in [1.165, 1.54) is 6.07 Å². The van der Waals surface area contributed by atoms with E-state index in [2.05, 4.69) is 37.2 Å². The minimum Gasteiger partial charge on any atom is -0.507 e. The molecule has 0 aromatic heterocycles. The molecule has 0 aliphatic heterocycles. The molecule has 0 heterocycles. The molecule has 0 saturated carbocycles. The van der Waals surface area contributed by atoms with Gasteiger partial charge in [-0.2, -0.15) is 0 Å². The Hall–Kier alpha value is -1.33. The molecule has 0 aliphatic carbocycles. The molecule has 0 fully saturated rings. The summed E-state index contributed by atoms with van der Waals surface area (Å²) < 4.78 is 1.52. The van der Waals surface area contributed by atoms with Crippen molar-refractivity contribution in [2.45, 2.75) is 6.92 Å². The number of halogens is 2. The highest BCUT2D eigenvalue weighted by Crippen LogP contribution is 2.25. The number of rotatable bonds is 2. The van der Waals surface area contributed by atoms with Gasteiger partial charge in [0.05, 0.1) is 4.47 Å². The van der Waals surface area contributed by atoms with Gasteiger partial charge in [0, 0.05) is 15.7 Å². The fraction of sp³-hybridized carbons (Fsp3) is 0.0714. The predicted molar refractivity (Wildman–Crippen MR) is 82.6 cm³/mol. The number of aromatic hydroxyl groups is 1. The van der Waals surface area contributed by atoms with Crippen molar-refractivity contribution in [2.24, 2.45) is 0 Å².